The summed E-state index contributed by atoms with van der Waals surface area (Å²) >= 11 is 0. The number of carbonyl (C=O) groups is 4. The van der Waals surface area contributed by atoms with E-state index in [2.05, 4.69) is 16.0 Å². The number of hydrogen-bond donors (Lipinski definition) is 5. The van der Waals surface area contributed by atoms with E-state index in [0.717, 1.165) is 0 Å². The Hall–Kier alpha value is -3.72. The van der Waals surface area contributed by atoms with Crippen molar-refractivity contribution in [3.05, 3.63) is 60.7 Å². The Morgan fingerprint density at radius 1 is 0.677 bits per heavy atom. The zero-order chi connectivity index (χ0) is 22.5. The molecule has 164 valence electrons. The molecular formula is C22H26N4O5. The summed E-state index contributed by atoms with van der Waals surface area (Å²) in [5, 5.41) is 16.2. The topological polar surface area (TPSA) is 137 Å². The highest BCUT2D eigenvalue weighted by atomic mass is 16.5. The summed E-state index contributed by atoms with van der Waals surface area (Å²) in [7, 11) is 0. The lowest BCUT2D eigenvalue weighted by Gasteiger charge is -2.18. The Morgan fingerprint density at radius 2 is 1.13 bits per heavy atom. The zero-order valence-corrected chi connectivity index (χ0v) is 17.0. The molecule has 9 nitrogen and oxygen atoms in total. The van der Waals surface area contributed by atoms with Gasteiger partial charge in [0.25, 0.3) is 11.8 Å². The number of amides is 4. The molecule has 2 aromatic carbocycles. The van der Waals surface area contributed by atoms with Crippen LogP contribution < -0.4 is 21.4 Å². The Bertz CT molecular complexity index is 820. The summed E-state index contributed by atoms with van der Waals surface area (Å²) in [6, 6.07) is 15.8. The molecular weight excluding hydrogens is 400 g/mol. The first-order chi connectivity index (χ1) is 15.0. The first-order valence-corrected chi connectivity index (χ1v) is 9.93. The van der Waals surface area contributed by atoms with Gasteiger partial charge in [-0.15, -0.1) is 0 Å². The molecule has 0 fully saturated rings. The zero-order valence-electron chi connectivity index (χ0n) is 17.0. The average molecular weight is 426 g/mol. The fourth-order valence-electron chi connectivity index (χ4n) is 2.76. The minimum Gasteiger partial charge on any atom is -0.337 e. The largest absolute Gasteiger partial charge is 0.337 e. The minimum absolute atomic E-state index is 0.0917. The second kappa shape index (κ2) is 12.8. The van der Waals surface area contributed by atoms with E-state index in [1.165, 1.54) is 0 Å². The summed E-state index contributed by atoms with van der Waals surface area (Å²) in [6.45, 7) is 0. The molecule has 0 aliphatic rings. The van der Waals surface area contributed by atoms with Crippen LogP contribution in [0.2, 0.25) is 0 Å². The van der Waals surface area contributed by atoms with Crippen LogP contribution in [0, 0.1) is 0 Å². The molecule has 0 spiro atoms. The average Bonchev–Trinajstić information content (AvgIpc) is 2.78. The Labute approximate surface area is 180 Å². The molecule has 0 unspecified atom stereocenters. The number of nitrogens with one attached hydrogen (secondary N) is 4. The van der Waals surface area contributed by atoms with Crippen molar-refractivity contribution >= 4 is 35.0 Å². The molecule has 0 aliphatic heterocycles. The molecule has 0 heterocycles. The van der Waals surface area contributed by atoms with Crippen LogP contribution in [0.3, 0.4) is 0 Å². The molecule has 0 atom stereocenters. The standard InChI is InChI=1S/C22H26N4O5/c27-18(14-8-3-9-15-19(28)26-31)25-20(21(29)23-16-10-4-1-5-11-16)22(30)24-17-12-6-2-7-13-17/h1-2,4-7,10-13,20,31H,3,8-9,14-15H2,(H,23,29)(H,24,30)(H,25,27)(H,26,28). The maximum atomic E-state index is 12.7. The highest BCUT2D eigenvalue weighted by Crippen LogP contribution is 2.09. The van der Waals surface area contributed by atoms with E-state index in [9.17, 15) is 19.2 Å². The highest BCUT2D eigenvalue weighted by molar-refractivity contribution is 6.15. The fourth-order valence-corrected chi connectivity index (χ4v) is 2.76. The van der Waals surface area contributed by atoms with Crippen molar-refractivity contribution in [2.24, 2.45) is 0 Å². The van der Waals surface area contributed by atoms with E-state index in [1.807, 2.05) is 0 Å². The highest BCUT2D eigenvalue weighted by Gasteiger charge is 2.28. The lowest BCUT2D eigenvalue weighted by molar-refractivity contribution is -0.132. The summed E-state index contributed by atoms with van der Waals surface area (Å²) < 4.78 is 0. The number of benzene rings is 2. The van der Waals surface area contributed by atoms with Crippen molar-refractivity contribution in [1.82, 2.24) is 10.8 Å². The van der Waals surface area contributed by atoms with Crippen molar-refractivity contribution in [3.63, 3.8) is 0 Å². The van der Waals surface area contributed by atoms with Crippen molar-refractivity contribution in [2.75, 3.05) is 10.6 Å². The van der Waals surface area contributed by atoms with Crippen LogP contribution in [0.15, 0.2) is 60.7 Å². The number of carbonyl (C=O) groups excluding carboxylic acids is 4. The monoisotopic (exact) mass is 426 g/mol. The molecule has 0 saturated heterocycles. The maximum Gasteiger partial charge on any atom is 0.256 e. The minimum atomic E-state index is -1.42. The van der Waals surface area contributed by atoms with Gasteiger partial charge in [-0.1, -0.05) is 42.8 Å². The van der Waals surface area contributed by atoms with E-state index in [-0.39, 0.29) is 12.8 Å². The van der Waals surface area contributed by atoms with Crippen LogP contribution in [0.25, 0.3) is 0 Å². The first kappa shape index (κ1) is 23.6. The third-order valence-electron chi connectivity index (χ3n) is 4.34. The van der Waals surface area contributed by atoms with Gasteiger partial charge in [-0.3, -0.25) is 24.4 Å². The number of para-hydroxylation sites is 2. The Balaban J connectivity index is 1.96. The lowest BCUT2D eigenvalue weighted by Crippen LogP contribution is -2.51. The Morgan fingerprint density at radius 3 is 1.58 bits per heavy atom. The molecule has 31 heavy (non-hydrogen) atoms. The van der Waals surface area contributed by atoms with Crippen LogP contribution in [0.4, 0.5) is 11.4 Å². The van der Waals surface area contributed by atoms with Gasteiger partial charge in [-0.05, 0) is 37.1 Å². The van der Waals surface area contributed by atoms with Crippen molar-refractivity contribution in [1.29, 1.82) is 0 Å². The lowest BCUT2D eigenvalue weighted by atomic mass is 10.1. The molecule has 0 radical (unpaired) electrons. The third-order valence-corrected chi connectivity index (χ3v) is 4.34. The number of hydrogen-bond acceptors (Lipinski definition) is 5. The molecule has 0 bridgehead atoms. The molecule has 9 heteroatoms. The SMILES string of the molecule is O=C(CCCCCC(=O)NC(C(=O)Nc1ccccc1)C(=O)Nc1ccccc1)NO. The van der Waals surface area contributed by atoms with E-state index in [1.54, 1.807) is 66.1 Å². The van der Waals surface area contributed by atoms with E-state index in [0.29, 0.717) is 30.6 Å². The Kier molecular flexibility index (Phi) is 9.70. The molecule has 5 N–H and O–H groups in total. The summed E-state index contributed by atoms with van der Waals surface area (Å²) in [6.07, 6.45) is 1.80. The van der Waals surface area contributed by atoms with E-state index < -0.39 is 29.7 Å². The van der Waals surface area contributed by atoms with Gasteiger partial charge in [-0.2, -0.15) is 0 Å². The molecule has 4 amide bonds. The van der Waals surface area contributed by atoms with E-state index in [4.69, 9.17) is 5.21 Å². The number of hydroxylamine groups is 1. The smallest absolute Gasteiger partial charge is 0.256 e. The van der Waals surface area contributed by atoms with Gasteiger partial charge in [0.15, 0.2) is 6.04 Å². The number of anilines is 2. The van der Waals surface area contributed by atoms with Gasteiger partial charge in [-0.25, -0.2) is 5.48 Å². The predicted octanol–water partition coefficient (Wildman–Crippen LogP) is 2.20. The van der Waals surface area contributed by atoms with Crippen LogP contribution in [-0.4, -0.2) is 34.9 Å². The molecule has 0 aromatic heterocycles. The summed E-state index contributed by atoms with van der Waals surface area (Å²) in [5.41, 5.74) is 2.55. The summed E-state index contributed by atoms with van der Waals surface area (Å²) in [4.78, 5) is 48.7. The van der Waals surface area contributed by atoms with Gasteiger partial charge in [0.1, 0.15) is 0 Å². The molecule has 0 aliphatic carbocycles. The maximum absolute atomic E-state index is 12.7. The van der Waals surface area contributed by atoms with Crippen LogP contribution in [0.1, 0.15) is 32.1 Å². The number of rotatable bonds is 11. The second-order valence-corrected chi connectivity index (χ2v) is 6.81. The molecule has 2 aromatic rings. The van der Waals surface area contributed by atoms with Gasteiger partial charge < -0.3 is 16.0 Å². The first-order valence-electron chi connectivity index (χ1n) is 9.93. The van der Waals surface area contributed by atoms with Crippen molar-refractivity contribution in [3.8, 4) is 0 Å². The van der Waals surface area contributed by atoms with Crippen LogP contribution in [-0.2, 0) is 19.2 Å². The number of unbranched alkanes of at least 4 members (excludes halogenated alkanes) is 2. The van der Waals surface area contributed by atoms with Crippen molar-refractivity contribution in [2.45, 2.75) is 38.1 Å². The van der Waals surface area contributed by atoms with Crippen molar-refractivity contribution < 1.29 is 24.4 Å². The summed E-state index contributed by atoms with van der Waals surface area (Å²) in [5.74, 6) is -2.26. The van der Waals surface area contributed by atoms with Gasteiger partial charge in [0.2, 0.25) is 11.8 Å². The van der Waals surface area contributed by atoms with Crippen LogP contribution >= 0.6 is 0 Å². The molecule has 2 rings (SSSR count). The molecule has 0 saturated carbocycles. The quantitative estimate of drug-likeness (QED) is 0.162. The van der Waals surface area contributed by atoms with Gasteiger partial charge in [0, 0.05) is 24.2 Å². The third kappa shape index (κ3) is 8.67. The normalized spacial score (nSPS) is 10.3. The van der Waals surface area contributed by atoms with Gasteiger partial charge in [0.05, 0.1) is 0 Å². The van der Waals surface area contributed by atoms with Gasteiger partial charge >= 0.3 is 0 Å². The van der Waals surface area contributed by atoms with Crippen LogP contribution in [0.5, 0.6) is 0 Å². The fraction of sp³-hybridized carbons (Fsp3) is 0.273. The van der Waals surface area contributed by atoms with E-state index >= 15 is 0 Å². The predicted molar refractivity (Wildman–Crippen MR) is 115 cm³/mol. The second-order valence-electron chi connectivity index (χ2n) is 6.81.